The maximum absolute atomic E-state index is 12.4. The first-order valence-corrected chi connectivity index (χ1v) is 10.2. The fraction of sp³-hybridized carbons (Fsp3) is 0.474. The van der Waals surface area contributed by atoms with Crippen LogP contribution in [0.15, 0.2) is 18.2 Å². The lowest BCUT2D eigenvalue weighted by Crippen LogP contribution is -2.70. The largest absolute Gasteiger partial charge is 0.496 e. The number of methoxy groups -OCH3 is 1. The Hall–Kier alpha value is -2.26. The summed E-state index contributed by atoms with van der Waals surface area (Å²) in [4.78, 5) is 50.0. The Labute approximate surface area is 176 Å². The smallest absolute Gasteiger partial charge is 0.327 e. The van der Waals surface area contributed by atoms with E-state index in [2.05, 4.69) is 5.32 Å². The van der Waals surface area contributed by atoms with Crippen LogP contribution in [-0.2, 0) is 14.4 Å². The van der Waals surface area contributed by atoms with Crippen molar-refractivity contribution in [3.63, 3.8) is 0 Å². The predicted molar refractivity (Wildman–Crippen MR) is 107 cm³/mol. The maximum Gasteiger partial charge on any atom is 0.327 e. The third-order valence-electron chi connectivity index (χ3n) is 5.03. The van der Waals surface area contributed by atoms with Crippen molar-refractivity contribution in [2.24, 2.45) is 0 Å². The molecule has 2 aliphatic heterocycles. The van der Waals surface area contributed by atoms with Crippen molar-refractivity contribution < 1.29 is 29.0 Å². The number of carboxylic acids is 1. The number of Topliss-reactive ketones (excluding diaryl/α,β-unsaturated/α-hetero) is 1. The highest BCUT2D eigenvalue weighted by molar-refractivity contribution is 8.01. The Morgan fingerprint density at radius 3 is 2.62 bits per heavy atom. The molecule has 0 unspecified atom stereocenters. The van der Waals surface area contributed by atoms with Gasteiger partial charge in [0.15, 0.2) is 5.78 Å². The van der Waals surface area contributed by atoms with Crippen LogP contribution in [0, 0.1) is 0 Å². The minimum Gasteiger partial charge on any atom is -0.496 e. The van der Waals surface area contributed by atoms with Crippen LogP contribution in [0.1, 0.15) is 37.0 Å². The number of hydrogen-bond acceptors (Lipinski definition) is 6. The number of carbonyl (C=O) groups is 4. The first-order valence-electron chi connectivity index (χ1n) is 8.95. The number of ketones is 1. The maximum atomic E-state index is 12.4. The van der Waals surface area contributed by atoms with Crippen LogP contribution in [-0.4, -0.2) is 62.9 Å². The second-order valence-corrected chi connectivity index (χ2v) is 9.62. The summed E-state index contributed by atoms with van der Waals surface area (Å²) in [7, 11) is 1.44. The summed E-state index contributed by atoms with van der Waals surface area (Å²) in [6.07, 6.45) is -0.185. The van der Waals surface area contributed by atoms with Gasteiger partial charge in [-0.25, -0.2) is 4.79 Å². The summed E-state index contributed by atoms with van der Waals surface area (Å²) in [6, 6.07) is 2.94. The zero-order chi connectivity index (χ0) is 21.5. The van der Waals surface area contributed by atoms with Crippen molar-refractivity contribution in [2.75, 3.05) is 7.11 Å². The summed E-state index contributed by atoms with van der Waals surface area (Å²) in [6.45, 7) is 3.52. The van der Waals surface area contributed by atoms with Gasteiger partial charge in [0.25, 0.3) is 0 Å². The molecule has 0 aliphatic carbocycles. The Morgan fingerprint density at radius 1 is 1.31 bits per heavy atom. The fourth-order valence-corrected chi connectivity index (χ4v) is 5.45. The van der Waals surface area contributed by atoms with E-state index in [1.807, 2.05) is 0 Å². The number of fused-ring (bicyclic) bond motifs is 1. The van der Waals surface area contributed by atoms with Crippen LogP contribution < -0.4 is 10.1 Å². The number of ether oxygens (including phenoxy) is 1. The van der Waals surface area contributed by atoms with E-state index in [9.17, 15) is 24.3 Å². The number of hydrogen-bond donors (Lipinski definition) is 2. The SMILES string of the molecule is COc1ccc(Cl)cc1C(=O)CCC(=O)N[C@@H]1C(=O)N2[C@@H]1SC(C)(C)[C@@H]2C(=O)O. The molecule has 2 aliphatic rings. The minimum atomic E-state index is -1.07. The molecule has 10 heteroatoms. The quantitative estimate of drug-likeness (QED) is 0.492. The van der Waals surface area contributed by atoms with Gasteiger partial charge >= 0.3 is 5.97 Å². The van der Waals surface area contributed by atoms with Gasteiger partial charge in [-0.1, -0.05) is 11.6 Å². The molecule has 0 spiro atoms. The summed E-state index contributed by atoms with van der Waals surface area (Å²) in [5.41, 5.74) is 0.288. The molecular formula is C19H21ClN2O6S. The number of β-lactam (4-membered cyclic amide) rings is 1. The standard InChI is InChI=1S/C19H21ClN2O6S/c1-19(2)15(18(26)27)22-16(25)14(17(22)29-19)21-13(24)7-5-11(23)10-8-9(20)4-6-12(10)28-3/h4,6,8,14-15,17H,5,7H2,1-3H3,(H,21,24)(H,26,27)/t14-,15+,17-/m1/s1. The van der Waals surface area contributed by atoms with Gasteiger partial charge in [-0.15, -0.1) is 11.8 Å². The Balaban J connectivity index is 1.59. The van der Waals surface area contributed by atoms with Gasteiger partial charge < -0.3 is 20.1 Å². The molecule has 156 valence electrons. The molecule has 1 aromatic rings. The van der Waals surface area contributed by atoms with E-state index in [1.54, 1.807) is 26.0 Å². The lowest BCUT2D eigenvalue weighted by Gasteiger charge is -2.43. The molecule has 0 radical (unpaired) electrons. The summed E-state index contributed by atoms with van der Waals surface area (Å²) >= 11 is 7.27. The number of amides is 2. The molecule has 2 saturated heterocycles. The molecule has 2 fully saturated rings. The molecule has 0 bridgehead atoms. The van der Waals surface area contributed by atoms with Crippen molar-refractivity contribution in [3.05, 3.63) is 28.8 Å². The second-order valence-electron chi connectivity index (χ2n) is 7.41. The molecule has 1 aromatic carbocycles. The molecule has 8 nitrogen and oxygen atoms in total. The molecule has 2 amide bonds. The number of rotatable bonds is 7. The number of aliphatic carboxylic acids is 1. The Bertz CT molecular complexity index is 889. The molecule has 3 rings (SSSR count). The molecular weight excluding hydrogens is 420 g/mol. The molecule has 0 aromatic heterocycles. The van der Waals surface area contributed by atoms with Crippen molar-refractivity contribution in [1.29, 1.82) is 0 Å². The van der Waals surface area contributed by atoms with Gasteiger partial charge in [0, 0.05) is 22.6 Å². The first kappa shape index (κ1) is 21.4. The number of carboxylic acid groups (broad SMARTS) is 1. The third-order valence-corrected chi connectivity index (χ3v) is 6.84. The molecule has 0 saturated carbocycles. The Morgan fingerprint density at radius 2 is 2.00 bits per heavy atom. The number of carbonyl (C=O) groups excluding carboxylic acids is 3. The molecule has 3 atom stereocenters. The van der Waals surface area contributed by atoms with Gasteiger partial charge in [0.05, 0.1) is 12.7 Å². The zero-order valence-electron chi connectivity index (χ0n) is 16.1. The molecule has 2 heterocycles. The van der Waals surface area contributed by atoms with Crippen LogP contribution in [0.3, 0.4) is 0 Å². The number of thioether (sulfide) groups is 1. The fourth-order valence-electron chi connectivity index (χ4n) is 3.65. The van der Waals surface area contributed by atoms with Gasteiger partial charge in [0.2, 0.25) is 11.8 Å². The van der Waals surface area contributed by atoms with E-state index in [0.29, 0.717) is 10.8 Å². The van der Waals surface area contributed by atoms with Crippen molar-refractivity contribution in [2.45, 2.75) is 48.9 Å². The average Bonchev–Trinajstić information content (AvgIpc) is 2.92. The average molecular weight is 441 g/mol. The lowest BCUT2D eigenvalue weighted by molar-refractivity contribution is -0.161. The van der Waals surface area contributed by atoms with Crippen LogP contribution in [0.5, 0.6) is 5.75 Å². The van der Waals surface area contributed by atoms with E-state index in [0.717, 1.165) is 0 Å². The normalized spacial score (nSPS) is 24.5. The Kier molecular flexibility index (Phi) is 5.82. The van der Waals surface area contributed by atoms with E-state index in [4.69, 9.17) is 16.3 Å². The van der Waals surface area contributed by atoms with Gasteiger partial charge in [-0.3, -0.25) is 14.4 Å². The summed E-state index contributed by atoms with van der Waals surface area (Å²) < 4.78 is 4.49. The number of benzene rings is 1. The summed E-state index contributed by atoms with van der Waals surface area (Å²) in [5, 5.41) is 12.0. The highest BCUT2D eigenvalue weighted by Crippen LogP contribution is 2.50. The number of halogens is 1. The molecule has 2 N–H and O–H groups in total. The van der Waals surface area contributed by atoms with Crippen molar-refractivity contribution >= 4 is 46.9 Å². The summed E-state index contributed by atoms with van der Waals surface area (Å²) in [5.74, 6) is -1.87. The van der Waals surface area contributed by atoms with Gasteiger partial charge in [-0.05, 0) is 32.0 Å². The topological polar surface area (TPSA) is 113 Å². The highest BCUT2D eigenvalue weighted by Gasteiger charge is 2.64. The van der Waals surface area contributed by atoms with Gasteiger partial charge in [0.1, 0.15) is 23.2 Å². The first-order chi connectivity index (χ1) is 13.6. The van der Waals surface area contributed by atoms with E-state index in [1.165, 1.54) is 29.8 Å². The monoisotopic (exact) mass is 440 g/mol. The van der Waals surface area contributed by atoms with Crippen LogP contribution in [0.2, 0.25) is 5.02 Å². The van der Waals surface area contributed by atoms with E-state index >= 15 is 0 Å². The van der Waals surface area contributed by atoms with Crippen LogP contribution >= 0.6 is 23.4 Å². The van der Waals surface area contributed by atoms with Crippen molar-refractivity contribution in [3.8, 4) is 5.75 Å². The minimum absolute atomic E-state index is 0.0752. The second kappa shape index (κ2) is 7.87. The van der Waals surface area contributed by atoms with Crippen LogP contribution in [0.4, 0.5) is 0 Å². The third kappa shape index (κ3) is 3.93. The lowest BCUT2D eigenvalue weighted by atomic mass is 9.96. The van der Waals surface area contributed by atoms with Gasteiger partial charge in [-0.2, -0.15) is 0 Å². The number of nitrogens with one attached hydrogen (secondary N) is 1. The number of nitrogens with zero attached hydrogens (tertiary/aromatic N) is 1. The van der Waals surface area contributed by atoms with E-state index in [-0.39, 0.29) is 24.2 Å². The molecule has 29 heavy (non-hydrogen) atoms. The highest BCUT2D eigenvalue weighted by atomic mass is 35.5. The predicted octanol–water partition coefficient (Wildman–Crippen LogP) is 1.94. The van der Waals surface area contributed by atoms with Crippen molar-refractivity contribution in [1.82, 2.24) is 10.2 Å². The zero-order valence-corrected chi connectivity index (χ0v) is 17.7. The van der Waals surface area contributed by atoms with Crippen LogP contribution in [0.25, 0.3) is 0 Å². The van der Waals surface area contributed by atoms with E-state index < -0.39 is 40.0 Å².